The predicted molar refractivity (Wildman–Crippen MR) is 84.2 cm³/mol. The summed E-state index contributed by atoms with van der Waals surface area (Å²) in [6, 6.07) is 12.4. The van der Waals surface area contributed by atoms with Crippen molar-refractivity contribution in [2.45, 2.75) is 11.0 Å². The Morgan fingerprint density at radius 3 is 2.27 bits per heavy atom. The maximum Gasteiger partial charge on any atom is 0.175 e. The number of nitrogens with zero attached hydrogens (tertiary/aromatic N) is 1. The summed E-state index contributed by atoms with van der Waals surface area (Å²) >= 11 is 0. The Labute approximate surface area is 129 Å². The van der Waals surface area contributed by atoms with Gasteiger partial charge in [0.1, 0.15) is 5.82 Å². The molecule has 4 nitrogen and oxygen atoms in total. The molecule has 1 atom stereocenters. The third-order valence-corrected chi connectivity index (χ3v) is 4.53. The molecule has 2 aromatic carbocycles. The Morgan fingerprint density at radius 2 is 1.73 bits per heavy atom. The minimum absolute atomic E-state index is 0.194. The van der Waals surface area contributed by atoms with Crippen LogP contribution in [0.3, 0.4) is 0 Å². The summed E-state index contributed by atoms with van der Waals surface area (Å²) in [4.78, 5) is 1.82. The van der Waals surface area contributed by atoms with Gasteiger partial charge in [-0.3, -0.25) is 0 Å². The van der Waals surface area contributed by atoms with Gasteiger partial charge >= 0.3 is 0 Å². The first-order valence-corrected chi connectivity index (χ1v) is 8.62. The molecule has 0 aliphatic heterocycles. The molecule has 0 aliphatic carbocycles. The fraction of sp³-hybridized carbons (Fsp3) is 0.250. The number of halogens is 1. The average molecular weight is 323 g/mol. The molecule has 0 fully saturated rings. The van der Waals surface area contributed by atoms with Gasteiger partial charge < -0.3 is 10.0 Å². The number of sulfone groups is 1. The predicted octanol–water partition coefficient (Wildman–Crippen LogP) is 2.40. The monoisotopic (exact) mass is 323 g/mol. The number of para-hydroxylation sites is 1. The van der Waals surface area contributed by atoms with Gasteiger partial charge in [-0.25, -0.2) is 12.8 Å². The zero-order chi connectivity index (χ0) is 16.3. The number of likely N-dealkylation sites (N-methyl/N-ethyl adjacent to an activating group) is 1. The summed E-state index contributed by atoms with van der Waals surface area (Å²) < 4.78 is 36.5. The highest BCUT2D eigenvalue weighted by molar-refractivity contribution is 7.90. The third-order valence-electron chi connectivity index (χ3n) is 3.40. The lowest BCUT2D eigenvalue weighted by Crippen LogP contribution is -2.25. The first-order chi connectivity index (χ1) is 10.3. The Balaban J connectivity index is 2.12. The van der Waals surface area contributed by atoms with Gasteiger partial charge in [0.25, 0.3) is 0 Å². The van der Waals surface area contributed by atoms with Crippen LogP contribution in [0.2, 0.25) is 0 Å². The van der Waals surface area contributed by atoms with E-state index < -0.39 is 15.9 Å². The van der Waals surface area contributed by atoms with Gasteiger partial charge in [0.2, 0.25) is 0 Å². The highest BCUT2D eigenvalue weighted by atomic mass is 32.2. The van der Waals surface area contributed by atoms with Crippen LogP contribution in [0.25, 0.3) is 0 Å². The van der Waals surface area contributed by atoms with E-state index in [-0.39, 0.29) is 17.3 Å². The van der Waals surface area contributed by atoms with E-state index in [0.29, 0.717) is 11.3 Å². The minimum Gasteiger partial charge on any atom is -0.387 e. The fourth-order valence-electron chi connectivity index (χ4n) is 2.16. The second kappa shape index (κ2) is 6.46. The van der Waals surface area contributed by atoms with Crippen LogP contribution in [0.15, 0.2) is 53.4 Å². The lowest BCUT2D eigenvalue weighted by molar-refractivity contribution is 0.184. The van der Waals surface area contributed by atoms with Crippen molar-refractivity contribution in [1.82, 2.24) is 0 Å². The number of hydrogen-bond donors (Lipinski definition) is 1. The first kappa shape index (κ1) is 16.5. The smallest absolute Gasteiger partial charge is 0.175 e. The largest absolute Gasteiger partial charge is 0.387 e. The van der Waals surface area contributed by atoms with Crippen LogP contribution in [0.4, 0.5) is 10.1 Å². The van der Waals surface area contributed by atoms with Crippen LogP contribution in [0, 0.1) is 5.82 Å². The summed E-state index contributed by atoms with van der Waals surface area (Å²) in [7, 11) is -1.57. The zero-order valence-electron chi connectivity index (χ0n) is 12.4. The van der Waals surface area contributed by atoms with Gasteiger partial charge in [-0.2, -0.15) is 0 Å². The third kappa shape index (κ3) is 3.84. The Hall–Kier alpha value is -1.92. The second-order valence-corrected chi connectivity index (χ2v) is 7.20. The van der Waals surface area contributed by atoms with E-state index in [1.165, 1.54) is 18.2 Å². The number of benzene rings is 2. The molecule has 0 radical (unpaired) electrons. The number of aliphatic hydroxyl groups is 1. The number of aliphatic hydroxyl groups excluding tert-OH is 1. The van der Waals surface area contributed by atoms with Gasteiger partial charge in [0, 0.05) is 19.8 Å². The molecule has 0 saturated carbocycles. The molecule has 0 aromatic heterocycles. The van der Waals surface area contributed by atoms with E-state index in [2.05, 4.69) is 0 Å². The maximum absolute atomic E-state index is 13.7. The van der Waals surface area contributed by atoms with Gasteiger partial charge in [-0.05, 0) is 29.8 Å². The number of rotatable bonds is 5. The van der Waals surface area contributed by atoms with Crippen molar-refractivity contribution in [3.63, 3.8) is 0 Å². The van der Waals surface area contributed by atoms with Crippen molar-refractivity contribution < 1.29 is 17.9 Å². The number of hydrogen-bond acceptors (Lipinski definition) is 4. The molecule has 0 saturated heterocycles. The van der Waals surface area contributed by atoms with Crippen LogP contribution >= 0.6 is 0 Å². The van der Waals surface area contributed by atoms with Crippen molar-refractivity contribution in [2.75, 3.05) is 24.7 Å². The number of anilines is 1. The molecule has 22 heavy (non-hydrogen) atoms. The first-order valence-electron chi connectivity index (χ1n) is 6.73. The maximum atomic E-state index is 13.7. The summed E-state index contributed by atoms with van der Waals surface area (Å²) in [5, 5.41) is 10.2. The normalized spacial score (nSPS) is 12.9. The van der Waals surface area contributed by atoms with Crippen LogP contribution in [0.1, 0.15) is 11.7 Å². The minimum atomic E-state index is -3.26. The molecule has 0 amide bonds. The molecule has 1 unspecified atom stereocenters. The van der Waals surface area contributed by atoms with Crippen molar-refractivity contribution >= 4 is 15.5 Å². The lowest BCUT2D eigenvalue weighted by atomic mass is 10.1. The van der Waals surface area contributed by atoms with Gasteiger partial charge in [0.15, 0.2) is 9.84 Å². The van der Waals surface area contributed by atoms with Crippen molar-refractivity contribution in [1.29, 1.82) is 0 Å². The lowest BCUT2D eigenvalue weighted by Gasteiger charge is -2.23. The quantitative estimate of drug-likeness (QED) is 0.918. The van der Waals surface area contributed by atoms with E-state index in [1.807, 2.05) is 0 Å². The summed E-state index contributed by atoms with van der Waals surface area (Å²) in [6.07, 6.45) is 0.280. The Bertz CT molecular complexity index is 744. The molecule has 1 N–H and O–H groups in total. The van der Waals surface area contributed by atoms with Crippen LogP contribution < -0.4 is 4.90 Å². The summed E-state index contributed by atoms with van der Waals surface area (Å²) in [5.74, 6) is -0.357. The van der Waals surface area contributed by atoms with Crippen molar-refractivity contribution in [3.8, 4) is 0 Å². The SMILES string of the molecule is CN(CC(O)c1ccc(S(C)(=O)=O)cc1)c1ccccc1F. The molecule has 6 heteroatoms. The molecular formula is C16H18FNO3S. The summed E-state index contributed by atoms with van der Waals surface area (Å²) in [6.45, 7) is 0.194. The topological polar surface area (TPSA) is 57.6 Å². The molecule has 0 spiro atoms. The molecule has 0 heterocycles. The van der Waals surface area contributed by atoms with Gasteiger partial charge in [0.05, 0.1) is 16.7 Å². The van der Waals surface area contributed by atoms with E-state index in [1.54, 1.807) is 42.3 Å². The van der Waals surface area contributed by atoms with Gasteiger partial charge in [-0.1, -0.05) is 24.3 Å². The Morgan fingerprint density at radius 1 is 1.14 bits per heavy atom. The van der Waals surface area contributed by atoms with Crippen LogP contribution in [0.5, 0.6) is 0 Å². The van der Waals surface area contributed by atoms with Crippen LogP contribution in [-0.4, -0.2) is 33.4 Å². The summed E-state index contributed by atoms with van der Waals surface area (Å²) in [5.41, 5.74) is 0.977. The molecule has 0 bridgehead atoms. The highest BCUT2D eigenvalue weighted by Gasteiger charge is 2.14. The average Bonchev–Trinajstić information content (AvgIpc) is 2.46. The second-order valence-electron chi connectivity index (χ2n) is 5.19. The molecular weight excluding hydrogens is 305 g/mol. The van der Waals surface area contributed by atoms with E-state index in [4.69, 9.17) is 0 Å². The highest BCUT2D eigenvalue weighted by Crippen LogP contribution is 2.22. The van der Waals surface area contributed by atoms with E-state index >= 15 is 0 Å². The Kier molecular flexibility index (Phi) is 4.83. The van der Waals surface area contributed by atoms with Crippen molar-refractivity contribution in [3.05, 3.63) is 59.9 Å². The van der Waals surface area contributed by atoms with Crippen molar-refractivity contribution in [2.24, 2.45) is 0 Å². The standard InChI is InChI=1S/C16H18FNO3S/c1-18(15-6-4-3-5-14(15)17)11-16(19)12-7-9-13(10-8-12)22(2,20)21/h3-10,16,19H,11H2,1-2H3. The fourth-order valence-corrected chi connectivity index (χ4v) is 2.79. The van der Waals surface area contributed by atoms with E-state index in [0.717, 1.165) is 6.26 Å². The zero-order valence-corrected chi connectivity index (χ0v) is 13.2. The van der Waals surface area contributed by atoms with Gasteiger partial charge in [-0.15, -0.1) is 0 Å². The molecule has 0 aliphatic rings. The molecule has 2 aromatic rings. The van der Waals surface area contributed by atoms with Crippen LogP contribution in [-0.2, 0) is 9.84 Å². The molecule has 118 valence electrons. The van der Waals surface area contributed by atoms with E-state index in [9.17, 15) is 17.9 Å². The molecule has 2 rings (SSSR count).